The number of aromatic nitrogens is 2. The Morgan fingerprint density at radius 1 is 1.29 bits per heavy atom. The summed E-state index contributed by atoms with van der Waals surface area (Å²) in [7, 11) is 0. The second-order valence-electron chi connectivity index (χ2n) is 5.89. The van der Waals surface area contributed by atoms with Gasteiger partial charge in [0.1, 0.15) is 17.2 Å². The van der Waals surface area contributed by atoms with E-state index in [0.717, 1.165) is 30.3 Å². The lowest BCUT2D eigenvalue weighted by atomic mass is 9.81. The molecule has 1 aromatic heterocycles. The highest BCUT2D eigenvalue weighted by Gasteiger charge is 2.23. The molecule has 21 heavy (non-hydrogen) atoms. The van der Waals surface area contributed by atoms with Crippen LogP contribution in [0.5, 0.6) is 0 Å². The van der Waals surface area contributed by atoms with Crippen molar-refractivity contribution in [2.45, 2.75) is 65.3 Å². The summed E-state index contributed by atoms with van der Waals surface area (Å²) in [6.45, 7) is 6.54. The molecular weight excluding hydrogens is 282 g/mol. The molecule has 1 N–H and O–H groups in total. The highest BCUT2D eigenvalue weighted by molar-refractivity contribution is 6.33. The van der Waals surface area contributed by atoms with E-state index in [1.54, 1.807) is 11.9 Å². The third-order valence-electron chi connectivity index (χ3n) is 4.43. The monoisotopic (exact) mass is 307 g/mol. The van der Waals surface area contributed by atoms with Gasteiger partial charge in [-0.15, -0.1) is 0 Å². The number of nitrogens with one attached hydrogen (secondary N) is 1. The molecule has 0 aromatic carbocycles. The van der Waals surface area contributed by atoms with Crippen LogP contribution in [0.2, 0.25) is 5.02 Å². The second kappa shape index (κ2) is 7.79. The Kier molecular flexibility index (Phi) is 6.04. The topological polar surface area (TPSA) is 37.8 Å². The summed E-state index contributed by atoms with van der Waals surface area (Å²) in [5, 5.41) is 4.20. The molecule has 1 aliphatic carbocycles. The van der Waals surface area contributed by atoms with E-state index in [1.807, 2.05) is 0 Å². The summed E-state index contributed by atoms with van der Waals surface area (Å²) in [5.41, 5.74) is 2.48. The number of nitrogens with zero attached hydrogens (tertiary/aromatic N) is 2. The van der Waals surface area contributed by atoms with Crippen molar-refractivity contribution in [3.8, 4) is 0 Å². The molecule has 2 rings (SSSR count). The highest BCUT2D eigenvalue weighted by Crippen LogP contribution is 2.32. The van der Waals surface area contributed by atoms with Crippen molar-refractivity contribution in [1.29, 1.82) is 0 Å². The van der Waals surface area contributed by atoms with Crippen LogP contribution in [-0.4, -0.2) is 16.0 Å². The van der Waals surface area contributed by atoms with E-state index < -0.39 is 0 Å². The Hall–Kier alpha value is -1.09. The van der Waals surface area contributed by atoms with Gasteiger partial charge in [-0.25, -0.2) is 9.97 Å². The zero-order valence-corrected chi connectivity index (χ0v) is 14.1. The molecule has 0 radical (unpaired) electrons. The van der Waals surface area contributed by atoms with Crippen LogP contribution in [0, 0.1) is 5.92 Å². The average Bonchev–Trinajstić information content (AvgIpc) is 2.50. The number of hydrogen-bond acceptors (Lipinski definition) is 3. The fourth-order valence-corrected chi connectivity index (χ4v) is 3.41. The fraction of sp³-hybridized carbons (Fsp3) is 0.647. The maximum atomic E-state index is 6.35. The lowest BCUT2D eigenvalue weighted by Crippen LogP contribution is -2.27. The van der Waals surface area contributed by atoms with Crippen LogP contribution in [-0.2, 0) is 6.42 Å². The molecule has 3 nitrogen and oxygen atoms in total. The van der Waals surface area contributed by atoms with Crippen molar-refractivity contribution in [1.82, 2.24) is 9.97 Å². The van der Waals surface area contributed by atoms with Gasteiger partial charge in [0.15, 0.2) is 0 Å². The van der Waals surface area contributed by atoms with E-state index in [4.69, 9.17) is 11.6 Å². The van der Waals surface area contributed by atoms with E-state index in [-0.39, 0.29) is 0 Å². The Bertz CT molecular complexity index is 491. The Balaban J connectivity index is 1.94. The SMILES string of the molecule is CC/C=C(/C)C1CCC(Nc2ncnc(CC)c2Cl)CC1. The lowest BCUT2D eigenvalue weighted by Gasteiger charge is -2.30. The van der Waals surface area contributed by atoms with Crippen molar-refractivity contribution in [3.63, 3.8) is 0 Å². The standard InChI is InChI=1S/C17H26ClN3/c1-4-6-12(3)13-7-9-14(10-8-13)21-17-16(18)15(5-2)19-11-20-17/h6,11,13-14H,4-5,7-10H2,1-3H3,(H,19,20,21)/b12-6-. The Labute approximate surface area is 133 Å². The molecule has 4 heteroatoms. The molecule has 0 unspecified atom stereocenters. The van der Waals surface area contributed by atoms with Gasteiger partial charge in [0, 0.05) is 6.04 Å². The predicted octanol–water partition coefficient (Wildman–Crippen LogP) is 5.02. The van der Waals surface area contributed by atoms with Gasteiger partial charge in [0.05, 0.1) is 5.69 Å². The molecule has 1 heterocycles. The van der Waals surface area contributed by atoms with Gasteiger partial charge in [0.2, 0.25) is 0 Å². The van der Waals surface area contributed by atoms with Gasteiger partial charge in [-0.05, 0) is 51.4 Å². The zero-order chi connectivity index (χ0) is 15.2. The first kappa shape index (κ1) is 16.3. The molecule has 0 atom stereocenters. The maximum absolute atomic E-state index is 6.35. The predicted molar refractivity (Wildman–Crippen MR) is 89.8 cm³/mol. The third-order valence-corrected chi connectivity index (χ3v) is 4.83. The summed E-state index contributed by atoms with van der Waals surface area (Å²) in [4.78, 5) is 8.51. The molecule has 1 aromatic rings. The number of hydrogen-bond donors (Lipinski definition) is 1. The summed E-state index contributed by atoms with van der Waals surface area (Å²) in [5.74, 6) is 1.56. The van der Waals surface area contributed by atoms with E-state index in [1.165, 1.54) is 25.7 Å². The Morgan fingerprint density at radius 2 is 2.00 bits per heavy atom. The normalized spacial score (nSPS) is 23.1. The molecule has 0 saturated heterocycles. The first-order valence-electron chi connectivity index (χ1n) is 8.08. The molecule has 0 spiro atoms. The van der Waals surface area contributed by atoms with Crippen molar-refractivity contribution in [2.75, 3.05) is 5.32 Å². The van der Waals surface area contributed by atoms with E-state index >= 15 is 0 Å². The molecule has 0 aliphatic heterocycles. The third kappa shape index (κ3) is 4.19. The van der Waals surface area contributed by atoms with E-state index in [9.17, 15) is 0 Å². The zero-order valence-electron chi connectivity index (χ0n) is 13.3. The fourth-order valence-electron chi connectivity index (χ4n) is 3.13. The first-order chi connectivity index (χ1) is 10.2. The van der Waals surface area contributed by atoms with Gasteiger partial charge in [-0.3, -0.25) is 0 Å². The molecular formula is C17H26ClN3. The van der Waals surface area contributed by atoms with Gasteiger partial charge in [-0.2, -0.15) is 0 Å². The van der Waals surface area contributed by atoms with Gasteiger partial charge >= 0.3 is 0 Å². The molecule has 1 saturated carbocycles. The number of allylic oxidation sites excluding steroid dienone is 2. The quantitative estimate of drug-likeness (QED) is 0.776. The van der Waals surface area contributed by atoms with Gasteiger partial charge in [0.25, 0.3) is 0 Å². The second-order valence-corrected chi connectivity index (χ2v) is 6.26. The molecule has 116 valence electrons. The van der Waals surface area contributed by atoms with Gasteiger partial charge < -0.3 is 5.32 Å². The van der Waals surface area contributed by atoms with Crippen LogP contribution in [0.25, 0.3) is 0 Å². The summed E-state index contributed by atoms with van der Waals surface area (Å²) in [6, 6.07) is 0.479. The van der Waals surface area contributed by atoms with Crippen LogP contribution in [0.1, 0.15) is 58.6 Å². The number of rotatable bonds is 5. The van der Waals surface area contributed by atoms with E-state index in [2.05, 4.69) is 42.1 Å². The molecule has 0 amide bonds. The van der Waals surface area contributed by atoms with Crippen LogP contribution in [0.15, 0.2) is 18.0 Å². The van der Waals surface area contributed by atoms with Crippen LogP contribution >= 0.6 is 11.6 Å². The number of anilines is 1. The van der Waals surface area contributed by atoms with Crippen molar-refractivity contribution >= 4 is 17.4 Å². The highest BCUT2D eigenvalue weighted by atomic mass is 35.5. The molecule has 1 aliphatic rings. The smallest absolute Gasteiger partial charge is 0.148 e. The summed E-state index contributed by atoms with van der Waals surface area (Å²) >= 11 is 6.35. The van der Waals surface area contributed by atoms with Gasteiger partial charge in [-0.1, -0.05) is 37.1 Å². The van der Waals surface area contributed by atoms with E-state index in [0.29, 0.717) is 11.1 Å². The summed E-state index contributed by atoms with van der Waals surface area (Å²) in [6.07, 6.45) is 10.8. The first-order valence-corrected chi connectivity index (χ1v) is 8.46. The maximum Gasteiger partial charge on any atom is 0.148 e. The summed E-state index contributed by atoms with van der Waals surface area (Å²) < 4.78 is 0. The number of aryl methyl sites for hydroxylation is 1. The van der Waals surface area contributed by atoms with Crippen molar-refractivity contribution in [2.24, 2.45) is 5.92 Å². The minimum absolute atomic E-state index is 0.479. The molecule has 0 bridgehead atoms. The minimum Gasteiger partial charge on any atom is -0.366 e. The molecule has 1 fully saturated rings. The average molecular weight is 308 g/mol. The number of halogens is 1. The van der Waals surface area contributed by atoms with Crippen molar-refractivity contribution < 1.29 is 0 Å². The van der Waals surface area contributed by atoms with Crippen LogP contribution in [0.3, 0.4) is 0 Å². The lowest BCUT2D eigenvalue weighted by molar-refractivity contribution is 0.376. The minimum atomic E-state index is 0.479. The van der Waals surface area contributed by atoms with Crippen LogP contribution < -0.4 is 5.32 Å². The van der Waals surface area contributed by atoms with Crippen LogP contribution in [0.4, 0.5) is 5.82 Å². The largest absolute Gasteiger partial charge is 0.366 e. The van der Waals surface area contributed by atoms with Crippen molar-refractivity contribution in [3.05, 3.63) is 28.7 Å². The Morgan fingerprint density at radius 3 is 2.62 bits per heavy atom.